The lowest BCUT2D eigenvalue weighted by Gasteiger charge is -2.37. The van der Waals surface area contributed by atoms with E-state index in [4.69, 9.17) is 9.47 Å². The van der Waals surface area contributed by atoms with Gasteiger partial charge in [-0.05, 0) is 48.6 Å². The van der Waals surface area contributed by atoms with Gasteiger partial charge in [0.2, 0.25) is 5.91 Å². The van der Waals surface area contributed by atoms with Gasteiger partial charge in [0.1, 0.15) is 12.1 Å². The Morgan fingerprint density at radius 2 is 1.66 bits per heavy atom. The quantitative estimate of drug-likeness (QED) is 0.451. The Labute approximate surface area is 203 Å². The van der Waals surface area contributed by atoms with Crippen molar-refractivity contribution in [1.29, 1.82) is 0 Å². The number of carbonyl (C=O) groups excluding carboxylic acids is 1. The van der Waals surface area contributed by atoms with E-state index in [9.17, 15) is 24.6 Å². The largest absolute Gasteiger partial charge is 0.493 e. The van der Waals surface area contributed by atoms with E-state index in [1.54, 1.807) is 19.1 Å². The maximum atomic E-state index is 13.3. The summed E-state index contributed by atoms with van der Waals surface area (Å²) in [6, 6.07) is 10.0. The predicted molar refractivity (Wildman–Crippen MR) is 128 cm³/mol. The molecule has 3 rings (SSSR count). The van der Waals surface area contributed by atoms with Crippen molar-refractivity contribution in [2.75, 3.05) is 14.2 Å². The molecule has 0 fully saturated rings. The Balaban J connectivity index is 0.00000432. The highest BCUT2D eigenvalue weighted by atomic mass is 16.5. The molecule has 35 heavy (non-hydrogen) atoms. The summed E-state index contributed by atoms with van der Waals surface area (Å²) in [6.45, 7) is 1.63. The fraction of sp³-hybridized carbons (Fsp3) is 0.400. The first-order valence-electron chi connectivity index (χ1n) is 11.0. The normalized spacial score (nSPS) is 16.3. The van der Waals surface area contributed by atoms with Gasteiger partial charge in [0.05, 0.1) is 20.3 Å². The minimum atomic E-state index is -1.13. The summed E-state index contributed by atoms with van der Waals surface area (Å²) in [5.74, 6) is -1.69. The van der Waals surface area contributed by atoms with Gasteiger partial charge in [-0.1, -0.05) is 30.3 Å². The molecule has 0 aliphatic carbocycles. The molecule has 0 unspecified atom stereocenters. The first-order valence-corrected chi connectivity index (χ1v) is 11.0. The molecular weight excluding hydrogens is 456 g/mol. The van der Waals surface area contributed by atoms with Crippen LogP contribution >= 0.6 is 0 Å². The Kier molecular flexibility index (Phi) is 9.61. The van der Waals surface area contributed by atoms with Crippen molar-refractivity contribution in [1.82, 2.24) is 10.2 Å². The average Bonchev–Trinajstić information content (AvgIpc) is 2.84. The standard InChI is InChI=1S/C25H30N2O7.H2O/c1-15(26-19(24(29)30)10-9-16-7-5-4-6-8-16)23(28)27-14-18-13-22(34-3)21(33-2)12-17(18)11-20(27)25(31)32;/h4-8,12-13,15,19-20,26H,9-11,14H2,1-3H3,(H,29,30)(H,31,32);1H2/t15-,19-,20-;/m0./s1. The van der Waals surface area contributed by atoms with Crippen molar-refractivity contribution in [3.05, 3.63) is 59.2 Å². The lowest BCUT2D eigenvalue weighted by molar-refractivity contribution is -0.152. The van der Waals surface area contributed by atoms with Crippen LogP contribution in [0.15, 0.2) is 42.5 Å². The number of aryl methyl sites for hydroxylation is 1. The monoisotopic (exact) mass is 488 g/mol. The number of methoxy groups -OCH3 is 2. The van der Waals surface area contributed by atoms with Gasteiger partial charge in [-0.25, -0.2) is 4.79 Å². The summed E-state index contributed by atoms with van der Waals surface area (Å²) < 4.78 is 10.7. The van der Waals surface area contributed by atoms with Gasteiger partial charge in [-0.2, -0.15) is 0 Å². The highest BCUT2D eigenvalue weighted by molar-refractivity contribution is 5.88. The Bertz CT molecular complexity index is 1040. The van der Waals surface area contributed by atoms with Crippen LogP contribution in [0.2, 0.25) is 0 Å². The number of aliphatic carboxylic acids is 2. The zero-order chi connectivity index (χ0) is 24.8. The lowest BCUT2D eigenvalue weighted by atomic mass is 9.92. The van der Waals surface area contributed by atoms with Gasteiger partial charge in [0, 0.05) is 13.0 Å². The number of hydrogen-bond acceptors (Lipinski definition) is 6. The van der Waals surface area contributed by atoms with Crippen molar-refractivity contribution < 1.29 is 39.5 Å². The topological polar surface area (TPSA) is 157 Å². The Morgan fingerprint density at radius 3 is 2.20 bits per heavy atom. The van der Waals surface area contributed by atoms with Crippen LogP contribution in [0.25, 0.3) is 0 Å². The zero-order valence-corrected chi connectivity index (χ0v) is 20.0. The number of hydrogen-bond donors (Lipinski definition) is 3. The molecule has 1 heterocycles. The number of nitrogens with zero attached hydrogens (tertiary/aromatic N) is 1. The minimum Gasteiger partial charge on any atom is -0.493 e. The molecule has 1 aliphatic rings. The molecule has 0 aromatic heterocycles. The second-order valence-corrected chi connectivity index (χ2v) is 8.30. The Morgan fingerprint density at radius 1 is 1.06 bits per heavy atom. The van der Waals surface area contributed by atoms with Crippen LogP contribution in [0.5, 0.6) is 11.5 Å². The number of carboxylic acids is 2. The summed E-state index contributed by atoms with van der Waals surface area (Å²) in [6.07, 6.45) is 0.932. The van der Waals surface area contributed by atoms with Crippen LogP contribution in [0, 0.1) is 0 Å². The maximum Gasteiger partial charge on any atom is 0.326 e. The number of rotatable bonds is 10. The molecule has 10 nitrogen and oxygen atoms in total. The van der Waals surface area contributed by atoms with Crippen LogP contribution in [0.4, 0.5) is 0 Å². The smallest absolute Gasteiger partial charge is 0.326 e. The number of nitrogens with one attached hydrogen (secondary N) is 1. The first kappa shape index (κ1) is 27.6. The molecular formula is C25H32N2O8. The molecule has 0 saturated heterocycles. The molecule has 2 aromatic rings. The number of carbonyl (C=O) groups is 3. The van der Waals surface area contributed by atoms with E-state index < -0.39 is 36.0 Å². The van der Waals surface area contributed by atoms with Gasteiger partial charge in [0.25, 0.3) is 0 Å². The van der Waals surface area contributed by atoms with Crippen molar-refractivity contribution in [3.63, 3.8) is 0 Å². The third-order valence-corrected chi connectivity index (χ3v) is 6.09. The summed E-state index contributed by atoms with van der Waals surface area (Å²) in [5, 5.41) is 22.4. The van der Waals surface area contributed by atoms with E-state index in [0.29, 0.717) is 24.3 Å². The number of benzene rings is 2. The number of carboxylic acid groups (broad SMARTS) is 2. The van der Waals surface area contributed by atoms with Gasteiger partial charge < -0.3 is 30.1 Å². The first-order chi connectivity index (χ1) is 16.2. The summed E-state index contributed by atoms with van der Waals surface area (Å²) in [5.41, 5.74) is 2.52. The molecule has 190 valence electrons. The molecule has 0 saturated carbocycles. The highest BCUT2D eigenvalue weighted by Crippen LogP contribution is 2.35. The number of fused-ring (bicyclic) bond motifs is 1. The molecule has 2 aromatic carbocycles. The van der Waals surface area contributed by atoms with Gasteiger partial charge in [-0.3, -0.25) is 14.9 Å². The molecule has 5 N–H and O–H groups in total. The summed E-state index contributed by atoms with van der Waals surface area (Å²) >= 11 is 0. The van der Waals surface area contributed by atoms with Crippen molar-refractivity contribution >= 4 is 17.8 Å². The van der Waals surface area contributed by atoms with Crippen LogP contribution in [-0.4, -0.2) is 70.8 Å². The van der Waals surface area contributed by atoms with Crippen LogP contribution in [0.3, 0.4) is 0 Å². The second kappa shape index (κ2) is 12.2. The van der Waals surface area contributed by atoms with E-state index in [0.717, 1.165) is 16.7 Å². The van der Waals surface area contributed by atoms with Crippen molar-refractivity contribution in [2.24, 2.45) is 0 Å². The highest BCUT2D eigenvalue weighted by Gasteiger charge is 2.38. The van der Waals surface area contributed by atoms with E-state index in [1.165, 1.54) is 19.1 Å². The summed E-state index contributed by atoms with van der Waals surface area (Å²) in [4.78, 5) is 38.4. The van der Waals surface area contributed by atoms with Crippen molar-refractivity contribution in [2.45, 2.75) is 50.9 Å². The summed E-state index contributed by atoms with van der Waals surface area (Å²) in [7, 11) is 3.01. The van der Waals surface area contributed by atoms with Crippen LogP contribution < -0.4 is 14.8 Å². The molecule has 1 aliphatic heterocycles. The van der Waals surface area contributed by atoms with Crippen molar-refractivity contribution in [3.8, 4) is 11.5 Å². The second-order valence-electron chi connectivity index (χ2n) is 8.30. The SMILES string of the molecule is COc1cc2c(cc1OC)CN(C(=O)[C@H](C)N[C@@H](CCc1ccccc1)C(=O)O)[C@H](C(=O)O)C2.O. The average molecular weight is 489 g/mol. The Hall–Kier alpha value is -3.63. The molecule has 3 atom stereocenters. The van der Waals surface area contributed by atoms with Gasteiger partial charge in [-0.15, -0.1) is 0 Å². The van der Waals surface area contributed by atoms with E-state index in [2.05, 4.69) is 5.32 Å². The molecule has 0 radical (unpaired) electrons. The maximum absolute atomic E-state index is 13.3. The molecule has 0 bridgehead atoms. The fourth-order valence-electron chi connectivity index (χ4n) is 4.22. The van der Waals surface area contributed by atoms with Crippen LogP contribution in [0.1, 0.15) is 30.0 Å². The van der Waals surface area contributed by atoms with Gasteiger partial charge >= 0.3 is 11.9 Å². The molecule has 1 amide bonds. The fourth-order valence-corrected chi connectivity index (χ4v) is 4.22. The molecule has 10 heteroatoms. The minimum absolute atomic E-state index is 0. The van der Waals surface area contributed by atoms with E-state index in [1.807, 2.05) is 30.3 Å². The molecule has 0 spiro atoms. The van der Waals surface area contributed by atoms with E-state index >= 15 is 0 Å². The third-order valence-electron chi connectivity index (χ3n) is 6.09. The zero-order valence-electron chi connectivity index (χ0n) is 20.0. The van der Waals surface area contributed by atoms with E-state index in [-0.39, 0.29) is 18.4 Å². The van der Waals surface area contributed by atoms with Gasteiger partial charge in [0.15, 0.2) is 11.5 Å². The third kappa shape index (κ3) is 6.49. The number of ether oxygens (including phenoxy) is 2. The predicted octanol–water partition coefficient (Wildman–Crippen LogP) is 1.28. The lowest BCUT2D eigenvalue weighted by Crippen LogP contribution is -2.56. The number of amides is 1. The van der Waals surface area contributed by atoms with Crippen LogP contribution in [-0.2, 0) is 33.8 Å².